The molecule has 0 atom stereocenters. The Bertz CT molecular complexity index is 2210. The Morgan fingerprint density at radius 3 is 1.10 bits per heavy atom. The molecule has 238 valence electrons. The molecular weight excluding hydrogens is 605 g/mol. The predicted octanol–water partition coefficient (Wildman–Crippen LogP) is 12.6. The molecular formula is C48H42Si. The fourth-order valence-electron chi connectivity index (χ4n) is 9.52. The van der Waals surface area contributed by atoms with Crippen molar-refractivity contribution in [3.8, 4) is 22.3 Å². The van der Waals surface area contributed by atoms with Crippen LogP contribution < -0.4 is 0 Å². The molecule has 0 spiro atoms. The van der Waals surface area contributed by atoms with Crippen molar-refractivity contribution >= 4 is 29.6 Å². The van der Waals surface area contributed by atoms with Crippen LogP contribution in [0, 0.1) is 0 Å². The van der Waals surface area contributed by atoms with Crippen LogP contribution in [0.5, 0.6) is 0 Å². The molecule has 49 heavy (non-hydrogen) atoms. The number of rotatable bonds is 4. The monoisotopic (exact) mass is 646 g/mol. The van der Waals surface area contributed by atoms with E-state index in [9.17, 15) is 0 Å². The summed E-state index contributed by atoms with van der Waals surface area (Å²) in [5, 5.41) is 3.07. The van der Waals surface area contributed by atoms with Crippen LogP contribution in [0.1, 0.15) is 72.2 Å². The lowest BCUT2D eigenvalue weighted by molar-refractivity contribution is 0.660. The summed E-state index contributed by atoms with van der Waals surface area (Å²) in [6, 6.07) is 55.1. The molecule has 1 aliphatic heterocycles. The molecule has 6 aromatic rings. The number of allylic oxidation sites excluding steroid dienone is 2. The molecule has 0 amide bonds. The van der Waals surface area contributed by atoms with Crippen LogP contribution in [0.2, 0.25) is 13.1 Å². The molecule has 2 aliphatic carbocycles. The van der Waals surface area contributed by atoms with Gasteiger partial charge in [-0.05, 0) is 88.3 Å². The van der Waals surface area contributed by atoms with Crippen molar-refractivity contribution < 1.29 is 0 Å². The maximum Gasteiger partial charge on any atom is 0.115 e. The van der Waals surface area contributed by atoms with Crippen molar-refractivity contribution in [1.29, 1.82) is 0 Å². The second-order valence-corrected chi connectivity index (χ2v) is 20.0. The molecule has 0 fully saturated rings. The molecule has 0 unspecified atom stereocenters. The Labute approximate surface area is 292 Å². The Kier molecular flexibility index (Phi) is 6.45. The highest BCUT2D eigenvalue weighted by Gasteiger charge is 2.46. The lowest BCUT2D eigenvalue weighted by atomic mass is 9.81. The summed E-state index contributed by atoms with van der Waals surface area (Å²) in [6.07, 6.45) is 0. The fourth-order valence-corrected chi connectivity index (χ4v) is 13.3. The zero-order valence-electron chi connectivity index (χ0n) is 29.4. The second kappa shape index (κ2) is 10.5. The van der Waals surface area contributed by atoms with Gasteiger partial charge in [-0.25, -0.2) is 0 Å². The van der Waals surface area contributed by atoms with E-state index in [0.29, 0.717) is 0 Å². The summed E-state index contributed by atoms with van der Waals surface area (Å²) in [5.41, 5.74) is 19.2. The highest BCUT2D eigenvalue weighted by molar-refractivity contribution is 7.13. The van der Waals surface area contributed by atoms with Crippen LogP contribution >= 0.6 is 0 Å². The van der Waals surface area contributed by atoms with Crippen molar-refractivity contribution in [3.63, 3.8) is 0 Å². The normalized spacial score (nSPS) is 17.5. The first-order valence-corrected chi connectivity index (χ1v) is 20.7. The minimum atomic E-state index is -2.33. The van der Waals surface area contributed by atoms with Gasteiger partial charge < -0.3 is 0 Å². The van der Waals surface area contributed by atoms with Gasteiger partial charge in [0, 0.05) is 10.8 Å². The highest BCUT2D eigenvalue weighted by Crippen LogP contribution is 2.58. The van der Waals surface area contributed by atoms with Crippen LogP contribution in [0.25, 0.3) is 43.8 Å². The van der Waals surface area contributed by atoms with Crippen LogP contribution in [0.4, 0.5) is 0 Å². The molecule has 3 aliphatic rings. The first-order valence-electron chi connectivity index (χ1n) is 17.7. The lowest BCUT2D eigenvalue weighted by Crippen LogP contribution is -2.29. The minimum Gasteiger partial charge on any atom is -0.0622 e. The molecule has 1 heterocycles. The van der Waals surface area contributed by atoms with E-state index in [1.54, 1.807) is 0 Å². The smallest absolute Gasteiger partial charge is 0.0622 e. The molecule has 6 aromatic carbocycles. The third-order valence-corrected chi connectivity index (χ3v) is 15.4. The first-order chi connectivity index (χ1) is 23.6. The third-order valence-electron chi connectivity index (χ3n) is 11.9. The van der Waals surface area contributed by atoms with Crippen LogP contribution in [-0.4, -0.2) is 8.07 Å². The largest absolute Gasteiger partial charge is 0.115 e. The van der Waals surface area contributed by atoms with E-state index in [1.165, 1.54) is 88.3 Å². The number of hydrogen-bond donors (Lipinski definition) is 0. The topological polar surface area (TPSA) is 0 Å². The first kappa shape index (κ1) is 30.1. The summed E-state index contributed by atoms with van der Waals surface area (Å²) < 4.78 is 0. The summed E-state index contributed by atoms with van der Waals surface area (Å²) in [4.78, 5) is 0. The average molecular weight is 647 g/mol. The van der Waals surface area contributed by atoms with E-state index in [0.717, 1.165) is 0 Å². The summed E-state index contributed by atoms with van der Waals surface area (Å²) in [5.74, 6) is 0. The highest BCUT2D eigenvalue weighted by atomic mass is 28.3. The van der Waals surface area contributed by atoms with Crippen LogP contribution in [0.15, 0.2) is 146 Å². The van der Waals surface area contributed by atoms with Gasteiger partial charge in [-0.1, -0.05) is 186 Å². The molecule has 0 nitrogen and oxygen atoms in total. The molecule has 1 heteroatoms. The SMILES string of the molecule is CC1(C)c2ccccc2-c2ccc(C3=C(c4ccccc4)C(c4ccccc4)=C(c4ccc5c(c4)C(C)(C)c4ccccc4-5)[Si]3(C)C)cc21. The zero-order valence-corrected chi connectivity index (χ0v) is 30.4. The van der Waals surface area contributed by atoms with Crippen molar-refractivity contribution in [1.82, 2.24) is 0 Å². The van der Waals surface area contributed by atoms with E-state index in [2.05, 4.69) is 186 Å². The van der Waals surface area contributed by atoms with Crippen molar-refractivity contribution in [2.45, 2.75) is 51.6 Å². The van der Waals surface area contributed by atoms with Gasteiger partial charge in [0.15, 0.2) is 0 Å². The average Bonchev–Trinajstić information content (AvgIpc) is 3.61. The quantitative estimate of drug-likeness (QED) is 0.167. The third kappa shape index (κ3) is 4.22. The zero-order chi connectivity index (χ0) is 33.7. The van der Waals surface area contributed by atoms with Gasteiger partial charge in [0.25, 0.3) is 0 Å². The van der Waals surface area contributed by atoms with E-state index in [-0.39, 0.29) is 10.8 Å². The fraction of sp³-hybridized carbons (Fsp3) is 0.167. The molecule has 0 saturated heterocycles. The van der Waals surface area contributed by atoms with E-state index in [1.807, 2.05) is 0 Å². The predicted molar refractivity (Wildman–Crippen MR) is 212 cm³/mol. The van der Waals surface area contributed by atoms with Crippen molar-refractivity contribution in [2.75, 3.05) is 0 Å². The van der Waals surface area contributed by atoms with Crippen molar-refractivity contribution in [2.24, 2.45) is 0 Å². The Balaban J connectivity index is 1.32. The summed E-state index contributed by atoms with van der Waals surface area (Å²) >= 11 is 0. The van der Waals surface area contributed by atoms with Gasteiger partial charge in [0.2, 0.25) is 0 Å². The number of fused-ring (bicyclic) bond motifs is 6. The summed E-state index contributed by atoms with van der Waals surface area (Å²) in [7, 11) is -2.33. The molecule has 0 bridgehead atoms. The molecule has 0 saturated carbocycles. The van der Waals surface area contributed by atoms with Crippen molar-refractivity contribution in [3.05, 3.63) is 190 Å². The van der Waals surface area contributed by atoms with Gasteiger partial charge in [-0.3, -0.25) is 0 Å². The van der Waals surface area contributed by atoms with Crippen LogP contribution in [-0.2, 0) is 10.8 Å². The van der Waals surface area contributed by atoms with Gasteiger partial charge in [-0.15, -0.1) is 0 Å². The Morgan fingerprint density at radius 2 is 0.694 bits per heavy atom. The van der Waals surface area contributed by atoms with Gasteiger partial charge in [0.1, 0.15) is 8.07 Å². The molecule has 9 rings (SSSR count). The van der Waals surface area contributed by atoms with Crippen LogP contribution in [0.3, 0.4) is 0 Å². The molecule has 0 radical (unpaired) electrons. The lowest BCUT2D eigenvalue weighted by Gasteiger charge is -2.29. The Hall–Kier alpha value is -4.98. The van der Waals surface area contributed by atoms with E-state index >= 15 is 0 Å². The Morgan fingerprint density at radius 1 is 0.347 bits per heavy atom. The minimum absolute atomic E-state index is 0.0567. The maximum absolute atomic E-state index is 2.59. The number of hydrogen-bond acceptors (Lipinski definition) is 0. The number of benzene rings is 6. The maximum atomic E-state index is 2.59. The second-order valence-electron chi connectivity index (χ2n) is 15.7. The van der Waals surface area contributed by atoms with E-state index in [4.69, 9.17) is 0 Å². The molecule has 0 N–H and O–H groups in total. The van der Waals surface area contributed by atoms with Gasteiger partial charge >= 0.3 is 0 Å². The van der Waals surface area contributed by atoms with E-state index < -0.39 is 8.07 Å². The molecule has 0 aromatic heterocycles. The van der Waals surface area contributed by atoms with Gasteiger partial charge in [-0.2, -0.15) is 0 Å². The summed E-state index contributed by atoms with van der Waals surface area (Å²) in [6.45, 7) is 14.8. The van der Waals surface area contributed by atoms with Gasteiger partial charge in [0.05, 0.1) is 0 Å². The standard InChI is InChI=1S/C48H42Si/c1-47(2)39-23-15-13-21-35(39)37-27-25-33(29-41(37)47)45-43(31-17-9-7-10-18-31)44(32-19-11-8-12-20-32)46(49(45,5)6)34-26-28-38-36-22-14-16-24-40(36)48(3,4)42(38)30-34/h7-30H,1-6H3.